The van der Waals surface area contributed by atoms with Crippen molar-refractivity contribution < 1.29 is 8.42 Å². The zero-order valence-electron chi connectivity index (χ0n) is 11.6. The number of rotatable bonds is 7. The van der Waals surface area contributed by atoms with E-state index in [4.69, 9.17) is 0 Å². The van der Waals surface area contributed by atoms with Gasteiger partial charge in [0.25, 0.3) is 0 Å². The molecule has 1 aliphatic carbocycles. The summed E-state index contributed by atoms with van der Waals surface area (Å²) < 4.78 is 22.7. The number of hydrogen-bond donors (Lipinski definition) is 1. The van der Waals surface area contributed by atoms with Crippen LogP contribution in [-0.4, -0.2) is 45.2 Å². The normalized spacial score (nSPS) is 15.7. The van der Waals surface area contributed by atoms with Gasteiger partial charge in [-0.3, -0.25) is 4.90 Å². The first kappa shape index (κ1) is 14.3. The molecule has 0 heterocycles. The van der Waals surface area contributed by atoms with Crippen LogP contribution in [0, 0.1) is 0 Å². The molecule has 0 saturated heterocycles. The molecule has 1 aromatic rings. The van der Waals surface area contributed by atoms with E-state index < -0.39 is 9.84 Å². The molecule has 2 rings (SSSR count). The van der Waals surface area contributed by atoms with Crippen LogP contribution in [-0.2, 0) is 9.84 Å². The lowest BCUT2D eigenvalue weighted by Gasteiger charge is -2.20. The second-order valence-electron chi connectivity index (χ2n) is 5.08. The molecule has 1 saturated carbocycles. The highest BCUT2D eigenvalue weighted by molar-refractivity contribution is 7.90. The lowest BCUT2D eigenvalue weighted by Crippen LogP contribution is -2.30. The van der Waals surface area contributed by atoms with Crippen molar-refractivity contribution in [3.8, 4) is 0 Å². The van der Waals surface area contributed by atoms with E-state index in [0.717, 1.165) is 31.4 Å². The fourth-order valence-electron chi connectivity index (χ4n) is 2.20. The van der Waals surface area contributed by atoms with Gasteiger partial charge in [0.1, 0.15) is 0 Å². The van der Waals surface area contributed by atoms with Crippen molar-refractivity contribution in [2.75, 3.05) is 31.2 Å². The number of hydrogen-bond acceptors (Lipinski definition) is 4. The van der Waals surface area contributed by atoms with Crippen LogP contribution < -0.4 is 5.32 Å². The molecule has 1 fully saturated rings. The molecule has 19 heavy (non-hydrogen) atoms. The molecule has 0 aliphatic heterocycles. The zero-order chi connectivity index (χ0) is 13.9. The summed E-state index contributed by atoms with van der Waals surface area (Å²) >= 11 is 0. The van der Waals surface area contributed by atoms with Gasteiger partial charge in [-0.25, -0.2) is 8.42 Å². The summed E-state index contributed by atoms with van der Waals surface area (Å²) in [5.74, 6) is 0. The fraction of sp³-hybridized carbons (Fsp3) is 0.571. The molecule has 0 radical (unpaired) electrons. The molecule has 0 spiro atoms. The number of anilines is 1. The van der Waals surface area contributed by atoms with Crippen molar-refractivity contribution in [1.82, 2.24) is 4.90 Å². The summed E-state index contributed by atoms with van der Waals surface area (Å²) in [7, 11) is -3.10. The molecule has 0 unspecified atom stereocenters. The monoisotopic (exact) mass is 282 g/mol. The predicted octanol–water partition coefficient (Wildman–Crippen LogP) is 1.99. The minimum atomic E-state index is -3.10. The standard InChI is InChI=1S/C14H22N2O2S/c1-3-16(13-6-7-13)11-10-15-12-4-8-14(9-5-12)19(2,17)18/h4-5,8-9,13,15H,3,6-7,10-11H2,1-2H3. The Hall–Kier alpha value is -1.07. The van der Waals surface area contributed by atoms with Gasteiger partial charge >= 0.3 is 0 Å². The highest BCUT2D eigenvalue weighted by Crippen LogP contribution is 2.26. The molecule has 0 bridgehead atoms. The Morgan fingerprint density at radius 1 is 1.26 bits per heavy atom. The molecule has 1 N–H and O–H groups in total. The molecule has 1 aliphatic rings. The maximum Gasteiger partial charge on any atom is 0.175 e. The molecule has 4 nitrogen and oxygen atoms in total. The Morgan fingerprint density at radius 2 is 1.89 bits per heavy atom. The molecular formula is C14H22N2O2S. The van der Waals surface area contributed by atoms with Crippen molar-refractivity contribution in [3.63, 3.8) is 0 Å². The number of benzene rings is 1. The third-order valence-corrected chi connectivity index (χ3v) is 4.61. The second-order valence-corrected chi connectivity index (χ2v) is 7.10. The Bertz CT molecular complexity index is 507. The molecule has 5 heteroatoms. The van der Waals surface area contributed by atoms with E-state index in [1.54, 1.807) is 12.1 Å². The van der Waals surface area contributed by atoms with E-state index in [9.17, 15) is 8.42 Å². The molecule has 0 aromatic heterocycles. The van der Waals surface area contributed by atoms with Crippen LogP contribution in [0.2, 0.25) is 0 Å². The highest BCUT2D eigenvalue weighted by Gasteiger charge is 2.26. The van der Waals surface area contributed by atoms with Gasteiger partial charge in [-0.15, -0.1) is 0 Å². The Kier molecular flexibility index (Phi) is 4.47. The van der Waals surface area contributed by atoms with Crippen LogP contribution in [0.3, 0.4) is 0 Å². The topological polar surface area (TPSA) is 49.4 Å². The fourth-order valence-corrected chi connectivity index (χ4v) is 2.83. The summed E-state index contributed by atoms with van der Waals surface area (Å²) in [6.07, 6.45) is 3.89. The van der Waals surface area contributed by atoms with Crippen LogP contribution in [0.5, 0.6) is 0 Å². The first-order valence-electron chi connectivity index (χ1n) is 6.78. The lowest BCUT2D eigenvalue weighted by molar-refractivity contribution is 0.289. The number of nitrogens with zero attached hydrogens (tertiary/aromatic N) is 1. The van der Waals surface area contributed by atoms with Gasteiger partial charge in [-0.1, -0.05) is 6.92 Å². The van der Waals surface area contributed by atoms with E-state index >= 15 is 0 Å². The van der Waals surface area contributed by atoms with E-state index in [1.807, 2.05) is 12.1 Å². The summed E-state index contributed by atoms with van der Waals surface area (Å²) in [6.45, 7) is 5.22. The minimum absolute atomic E-state index is 0.367. The maximum atomic E-state index is 11.3. The quantitative estimate of drug-likeness (QED) is 0.831. The lowest BCUT2D eigenvalue weighted by atomic mass is 10.3. The van der Waals surface area contributed by atoms with E-state index in [0.29, 0.717) is 4.90 Å². The van der Waals surface area contributed by atoms with Crippen LogP contribution in [0.25, 0.3) is 0 Å². The second kappa shape index (κ2) is 5.92. The van der Waals surface area contributed by atoms with Crippen LogP contribution >= 0.6 is 0 Å². The van der Waals surface area contributed by atoms with Crippen LogP contribution in [0.4, 0.5) is 5.69 Å². The Balaban J connectivity index is 1.83. The van der Waals surface area contributed by atoms with Gasteiger partial charge in [0.15, 0.2) is 9.84 Å². The zero-order valence-corrected chi connectivity index (χ0v) is 12.4. The molecule has 0 atom stereocenters. The van der Waals surface area contributed by atoms with Gasteiger partial charge in [-0.2, -0.15) is 0 Å². The average molecular weight is 282 g/mol. The summed E-state index contributed by atoms with van der Waals surface area (Å²) in [6, 6.07) is 7.74. The van der Waals surface area contributed by atoms with Gasteiger partial charge in [0.2, 0.25) is 0 Å². The summed E-state index contributed by atoms with van der Waals surface area (Å²) in [4.78, 5) is 2.85. The number of likely N-dealkylation sites (N-methyl/N-ethyl adjacent to an activating group) is 1. The Morgan fingerprint density at radius 3 is 2.37 bits per heavy atom. The van der Waals surface area contributed by atoms with Gasteiger partial charge < -0.3 is 5.32 Å². The van der Waals surface area contributed by atoms with Gasteiger partial charge in [-0.05, 0) is 43.7 Å². The van der Waals surface area contributed by atoms with E-state index in [-0.39, 0.29) is 0 Å². The van der Waals surface area contributed by atoms with Crippen molar-refractivity contribution in [2.24, 2.45) is 0 Å². The molecule has 106 valence electrons. The number of nitrogens with one attached hydrogen (secondary N) is 1. The first-order valence-corrected chi connectivity index (χ1v) is 8.68. The third kappa shape index (κ3) is 4.21. The van der Waals surface area contributed by atoms with Crippen LogP contribution in [0.1, 0.15) is 19.8 Å². The van der Waals surface area contributed by atoms with E-state index in [2.05, 4.69) is 17.1 Å². The Labute approximate surface area is 115 Å². The maximum absolute atomic E-state index is 11.3. The smallest absolute Gasteiger partial charge is 0.175 e. The average Bonchev–Trinajstić information content (AvgIpc) is 3.18. The first-order chi connectivity index (χ1) is 9.00. The highest BCUT2D eigenvalue weighted by atomic mass is 32.2. The largest absolute Gasteiger partial charge is 0.384 e. The van der Waals surface area contributed by atoms with Crippen molar-refractivity contribution in [1.29, 1.82) is 0 Å². The van der Waals surface area contributed by atoms with Crippen molar-refractivity contribution in [3.05, 3.63) is 24.3 Å². The third-order valence-electron chi connectivity index (χ3n) is 3.48. The predicted molar refractivity (Wildman–Crippen MR) is 78.3 cm³/mol. The minimum Gasteiger partial charge on any atom is -0.384 e. The molecule has 0 amide bonds. The summed E-state index contributed by atoms with van der Waals surface area (Å²) in [5, 5.41) is 3.33. The molecule has 1 aromatic carbocycles. The molecular weight excluding hydrogens is 260 g/mol. The summed E-state index contributed by atoms with van der Waals surface area (Å²) in [5.41, 5.74) is 0.972. The van der Waals surface area contributed by atoms with E-state index in [1.165, 1.54) is 19.1 Å². The number of sulfone groups is 1. The SMILES string of the molecule is CCN(CCNc1ccc(S(C)(=O)=O)cc1)C1CC1. The van der Waals surface area contributed by atoms with Crippen molar-refractivity contribution >= 4 is 15.5 Å². The van der Waals surface area contributed by atoms with Gasteiger partial charge in [0, 0.05) is 31.1 Å². The van der Waals surface area contributed by atoms with Crippen molar-refractivity contribution in [2.45, 2.75) is 30.7 Å². The van der Waals surface area contributed by atoms with Crippen LogP contribution in [0.15, 0.2) is 29.2 Å². The van der Waals surface area contributed by atoms with Gasteiger partial charge in [0.05, 0.1) is 4.90 Å².